The van der Waals surface area contributed by atoms with E-state index >= 15 is 4.39 Å². The molecule has 6 rings (SSSR count). The quantitative estimate of drug-likeness (QED) is 0.255. The first-order chi connectivity index (χ1) is 19.9. The van der Waals surface area contributed by atoms with Crippen LogP contribution in [0.2, 0.25) is 0 Å². The van der Waals surface area contributed by atoms with Crippen LogP contribution in [0, 0.1) is 5.82 Å². The topological polar surface area (TPSA) is 134 Å². The lowest BCUT2D eigenvalue weighted by Crippen LogP contribution is -2.49. The van der Waals surface area contributed by atoms with E-state index in [-0.39, 0.29) is 29.7 Å². The molecule has 1 aromatic carbocycles. The fraction of sp³-hybridized carbons (Fsp3) is 0.429. The van der Waals surface area contributed by atoms with E-state index in [0.29, 0.717) is 40.8 Å². The van der Waals surface area contributed by atoms with Gasteiger partial charge in [0.25, 0.3) is 5.88 Å². The van der Waals surface area contributed by atoms with E-state index in [1.165, 1.54) is 7.11 Å². The van der Waals surface area contributed by atoms with Crippen molar-refractivity contribution in [1.82, 2.24) is 34.9 Å². The van der Waals surface area contributed by atoms with Crippen LogP contribution in [-0.2, 0) is 16.6 Å². The van der Waals surface area contributed by atoms with Crippen molar-refractivity contribution in [3.05, 3.63) is 42.6 Å². The molecule has 2 aliphatic rings. The SMILES string of the molecule is COc1nn(C)cc1Nc1ncc(F)c(-c2c[nH]c3c(NC(=O)[C@H]4C[C@H](OC)CN4C4CCNCC4)cccc23)n1. The van der Waals surface area contributed by atoms with Crippen LogP contribution in [0.1, 0.15) is 19.3 Å². The van der Waals surface area contributed by atoms with Gasteiger partial charge in [-0.3, -0.25) is 14.4 Å². The number of benzene rings is 1. The molecule has 41 heavy (non-hydrogen) atoms. The lowest BCUT2D eigenvalue weighted by Gasteiger charge is -2.35. The van der Waals surface area contributed by atoms with Crippen LogP contribution < -0.4 is 20.7 Å². The minimum atomic E-state index is -0.571. The Balaban J connectivity index is 1.26. The predicted octanol–water partition coefficient (Wildman–Crippen LogP) is 3.03. The molecule has 0 bridgehead atoms. The molecule has 2 atom stereocenters. The summed E-state index contributed by atoms with van der Waals surface area (Å²) < 4.78 is 27.6. The molecular weight excluding hydrogens is 529 g/mol. The lowest BCUT2D eigenvalue weighted by molar-refractivity contribution is -0.121. The van der Waals surface area contributed by atoms with Crippen LogP contribution in [0.5, 0.6) is 5.88 Å². The summed E-state index contributed by atoms with van der Waals surface area (Å²) in [5.74, 6) is -0.0826. The van der Waals surface area contributed by atoms with Crippen LogP contribution in [0.4, 0.5) is 21.7 Å². The Morgan fingerprint density at radius 3 is 2.80 bits per heavy atom. The van der Waals surface area contributed by atoms with Crippen LogP contribution in [-0.4, -0.2) is 87.6 Å². The summed E-state index contributed by atoms with van der Waals surface area (Å²) in [6, 6.07) is 5.61. The number of likely N-dealkylation sites (tertiary alicyclic amines) is 1. The highest BCUT2D eigenvalue weighted by Gasteiger charge is 2.41. The first kappa shape index (κ1) is 27.1. The summed E-state index contributed by atoms with van der Waals surface area (Å²) >= 11 is 0. The van der Waals surface area contributed by atoms with Gasteiger partial charge in [-0.05, 0) is 38.4 Å². The third-order valence-electron chi connectivity index (χ3n) is 7.92. The number of aromatic nitrogens is 5. The Morgan fingerprint density at radius 1 is 1.20 bits per heavy atom. The predicted molar refractivity (Wildman–Crippen MR) is 153 cm³/mol. The number of aromatic amines is 1. The van der Waals surface area contributed by atoms with Gasteiger partial charge in [0.15, 0.2) is 5.82 Å². The number of rotatable bonds is 8. The van der Waals surface area contributed by atoms with Crippen molar-refractivity contribution in [2.45, 2.75) is 37.5 Å². The monoisotopic (exact) mass is 563 g/mol. The van der Waals surface area contributed by atoms with Crippen LogP contribution in [0.3, 0.4) is 0 Å². The zero-order valence-corrected chi connectivity index (χ0v) is 23.3. The number of nitrogens with zero attached hydrogens (tertiary/aromatic N) is 5. The second-order valence-electron chi connectivity index (χ2n) is 10.4. The Kier molecular flexibility index (Phi) is 7.56. The number of halogens is 1. The molecule has 0 spiro atoms. The first-order valence-electron chi connectivity index (χ1n) is 13.7. The molecule has 0 unspecified atom stereocenters. The summed E-state index contributed by atoms with van der Waals surface area (Å²) in [6.07, 6.45) is 7.20. The van der Waals surface area contributed by atoms with Gasteiger partial charge in [-0.2, -0.15) is 0 Å². The number of carbonyl (C=O) groups excluding carboxylic acids is 1. The average molecular weight is 564 g/mol. The van der Waals surface area contributed by atoms with E-state index in [1.54, 1.807) is 31.2 Å². The van der Waals surface area contributed by atoms with Gasteiger partial charge in [-0.1, -0.05) is 12.1 Å². The minimum Gasteiger partial charge on any atom is -0.478 e. The number of hydrogen-bond acceptors (Lipinski definition) is 9. The maximum atomic E-state index is 15.1. The molecule has 216 valence electrons. The van der Waals surface area contributed by atoms with E-state index in [4.69, 9.17) is 9.47 Å². The number of hydrogen-bond donors (Lipinski definition) is 4. The largest absolute Gasteiger partial charge is 0.478 e. The van der Waals surface area contributed by atoms with Gasteiger partial charge < -0.3 is 30.4 Å². The fourth-order valence-corrected chi connectivity index (χ4v) is 5.90. The molecule has 0 aliphatic carbocycles. The first-order valence-corrected chi connectivity index (χ1v) is 13.7. The third kappa shape index (κ3) is 5.35. The standard InChI is InChI=1S/C28H34FN9O3/c1-37-15-22(27(36-37)41-3)34-28-32-13-20(29)24(35-28)19-12-31-25-18(19)5-4-6-21(25)33-26(39)23-11-17(40-2)14-38(23)16-7-9-30-10-8-16/h4-6,12-13,15-17,23,30-31H,7-11,14H2,1-3H3,(H,33,39)(H,32,34,35)/t17-,23+/m0/s1. The van der Waals surface area contributed by atoms with E-state index in [2.05, 4.69) is 40.9 Å². The van der Waals surface area contributed by atoms with E-state index in [0.717, 1.165) is 44.1 Å². The minimum absolute atomic E-state index is 0.0173. The van der Waals surface area contributed by atoms with Crippen molar-refractivity contribution in [3.63, 3.8) is 0 Å². The molecule has 4 N–H and O–H groups in total. The van der Waals surface area contributed by atoms with Crippen molar-refractivity contribution < 1.29 is 18.7 Å². The zero-order valence-electron chi connectivity index (χ0n) is 23.3. The number of aryl methyl sites for hydroxylation is 1. The van der Waals surface area contributed by atoms with Gasteiger partial charge in [0.05, 0.1) is 42.9 Å². The maximum absolute atomic E-state index is 15.1. The fourth-order valence-electron chi connectivity index (χ4n) is 5.90. The number of piperidine rings is 1. The van der Waals surface area contributed by atoms with Crippen molar-refractivity contribution in [3.8, 4) is 17.1 Å². The molecule has 2 aliphatic heterocycles. The number of nitrogens with one attached hydrogen (secondary N) is 4. The van der Waals surface area contributed by atoms with Crippen molar-refractivity contribution >= 4 is 34.1 Å². The van der Waals surface area contributed by atoms with E-state index in [1.807, 2.05) is 18.2 Å². The van der Waals surface area contributed by atoms with Crippen molar-refractivity contribution in [2.24, 2.45) is 7.05 Å². The van der Waals surface area contributed by atoms with Crippen molar-refractivity contribution in [2.75, 3.05) is 44.5 Å². The molecule has 0 saturated carbocycles. The number of anilines is 3. The second kappa shape index (κ2) is 11.4. The molecule has 2 fully saturated rings. The van der Waals surface area contributed by atoms with Gasteiger partial charge in [0.2, 0.25) is 11.9 Å². The van der Waals surface area contributed by atoms with Gasteiger partial charge >= 0.3 is 0 Å². The summed E-state index contributed by atoms with van der Waals surface area (Å²) in [7, 11) is 4.98. The number of fused-ring (bicyclic) bond motifs is 1. The number of para-hydroxylation sites is 1. The molecular formula is C28H34FN9O3. The Hall–Kier alpha value is -4.07. The smallest absolute Gasteiger partial charge is 0.256 e. The third-order valence-corrected chi connectivity index (χ3v) is 7.92. The molecule has 3 aromatic heterocycles. The molecule has 13 heteroatoms. The highest BCUT2D eigenvalue weighted by Crippen LogP contribution is 2.34. The average Bonchev–Trinajstić information content (AvgIpc) is 3.71. The highest BCUT2D eigenvalue weighted by atomic mass is 19.1. The normalized spacial score (nSPS) is 20.0. The number of amides is 1. The number of H-pyrrole nitrogens is 1. The Morgan fingerprint density at radius 2 is 2.02 bits per heavy atom. The van der Waals surface area contributed by atoms with Crippen molar-refractivity contribution in [1.29, 1.82) is 0 Å². The van der Waals surface area contributed by atoms with Gasteiger partial charge in [-0.15, -0.1) is 5.10 Å². The Bertz CT molecular complexity index is 1550. The van der Waals surface area contributed by atoms with Crippen LogP contribution in [0.25, 0.3) is 22.2 Å². The van der Waals surface area contributed by atoms with Gasteiger partial charge in [-0.25, -0.2) is 14.4 Å². The van der Waals surface area contributed by atoms with Crippen LogP contribution in [0.15, 0.2) is 36.8 Å². The molecule has 4 aromatic rings. The molecule has 0 radical (unpaired) electrons. The maximum Gasteiger partial charge on any atom is 0.256 e. The van der Waals surface area contributed by atoms with Crippen LogP contribution >= 0.6 is 0 Å². The lowest BCUT2D eigenvalue weighted by atomic mass is 10.0. The molecule has 5 heterocycles. The number of methoxy groups -OCH3 is 2. The zero-order chi connectivity index (χ0) is 28.5. The summed E-state index contributed by atoms with van der Waals surface area (Å²) in [4.78, 5) is 27.7. The summed E-state index contributed by atoms with van der Waals surface area (Å²) in [6.45, 7) is 2.64. The Labute approximate surface area is 236 Å². The molecule has 2 saturated heterocycles. The second-order valence-corrected chi connectivity index (χ2v) is 10.4. The highest BCUT2D eigenvalue weighted by molar-refractivity contribution is 6.06. The number of ether oxygens (including phenoxy) is 2. The van der Waals surface area contributed by atoms with E-state index in [9.17, 15) is 4.79 Å². The van der Waals surface area contributed by atoms with Gasteiger partial charge in [0, 0.05) is 43.9 Å². The van der Waals surface area contributed by atoms with Gasteiger partial charge in [0.1, 0.15) is 11.4 Å². The molecule has 12 nitrogen and oxygen atoms in total. The molecule has 1 amide bonds. The summed E-state index contributed by atoms with van der Waals surface area (Å²) in [5, 5.41) is 14.5. The summed E-state index contributed by atoms with van der Waals surface area (Å²) in [5.41, 5.74) is 2.53. The number of carbonyl (C=O) groups is 1. The van der Waals surface area contributed by atoms with E-state index < -0.39 is 5.82 Å².